The van der Waals surface area contributed by atoms with Gasteiger partial charge in [-0.1, -0.05) is 60.8 Å². The Kier molecular flexibility index (Phi) is 11.1. The van der Waals surface area contributed by atoms with Crippen molar-refractivity contribution in [1.29, 1.82) is 0 Å². The summed E-state index contributed by atoms with van der Waals surface area (Å²) in [5.41, 5.74) is 0.789. The van der Waals surface area contributed by atoms with E-state index in [1.807, 2.05) is 30.3 Å². The second-order valence-electron chi connectivity index (χ2n) is 11.0. The maximum absolute atomic E-state index is 14.2. The lowest BCUT2D eigenvalue weighted by Gasteiger charge is -2.33. The highest BCUT2D eigenvalue weighted by Crippen LogP contribution is 2.36. The largest absolute Gasteiger partial charge is 0.495 e. The van der Waals surface area contributed by atoms with Crippen LogP contribution in [-0.2, 0) is 26.0 Å². The number of carbonyl (C=O) groups is 2. The highest BCUT2D eigenvalue weighted by molar-refractivity contribution is 7.92. The fourth-order valence-electron chi connectivity index (χ4n) is 5.41. The highest BCUT2D eigenvalue weighted by Gasteiger charge is 2.35. The van der Waals surface area contributed by atoms with Gasteiger partial charge >= 0.3 is 0 Å². The fourth-order valence-corrected chi connectivity index (χ4v) is 7.01. The van der Waals surface area contributed by atoms with E-state index in [0.29, 0.717) is 6.42 Å². The third-order valence-electron chi connectivity index (χ3n) is 8.01. The Morgan fingerprint density at radius 2 is 1.78 bits per heavy atom. The number of aryl methyl sites for hydroxylation is 1. The summed E-state index contributed by atoms with van der Waals surface area (Å²) < 4.78 is 34.7. The Bertz CT molecular complexity index is 1650. The van der Waals surface area contributed by atoms with Crippen LogP contribution in [0.1, 0.15) is 43.7 Å². The van der Waals surface area contributed by atoms with Gasteiger partial charge in [0, 0.05) is 29.2 Å². The first kappa shape index (κ1) is 33.7. The molecule has 0 aliphatic heterocycles. The molecule has 0 aromatic heterocycles. The molecule has 3 aromatic rings. The first-order valence-electron chi connectivity index (χ1n) is 14.7. The zero-order chi connectivity index (χ0) is 32.7. The Hall–Kier alpha value is -4.16. The summed E-state index contributed by atoms with van der Waals surface area (Å²) in [6.45, 7) is 2.53. The van der Waals surface area contributed by atoms with Gasteiger partial charge in [0.05, 0.1) is 22.6 Å². The number of anilines is 1. The van der Waals surface area contributed by atoms with Crippen molar-refractivity contribution in [2.45, 2.75) is 62.9 Å². The smallest absolute Gasteiger partial charge is 0.273 e. The summed E-state index contributed by atoms with van der Waals surface area (Å²) >= 11 is 6.28. The number of benzene rings is 3. The number of halogens is 1. The lowest BCUT2D eigenvalue weighted by atomic mass is 10.1. The van der Waals surface area contributed by atoms with Gasteiger partial charge in [-0.05, 0) is 62.9 Å². The molecule has 1 aliphatic rings. The van der Waals surface area contributed by atoms with E-state index in [1.165, 1.54) is 49.3 Å². The number of nitrogens with zero attached hydrogens (tertiary/aromatic N) is 3. The average Bonchev–Trinajstić information content (AvgIpc) is 3.53. The van der Waals surface area contributed by atoms with E-state index in [4.69, 9.17) is 16.3 Å². The fraction of sp³-hybridized carbons (Fsp3) is 0.375. The molecule has 13 heteroatoms. The number of carbonyl (C=O) groups excluding carboxylic acids is 2. The van der Waals surface area contributed by atoms with Gasteiger partial charge in [-0.2, -0.15) is 0 Å². The zero-order valence-electron chi connectivity index (χ0n) is 25.4. The Morgan fingerprint density at radius 3 is 2.42 bits per heavy atom. The molecule has 1 fully saturated rings. The molecular formula is C32H37ClN4O7S. The van der Waals surface area contributed by atoms with Crippen LogP contribution < -0.4 is 14.4 Å². The van der Waals surface area contributed by atoms with Crippen LogP contribution >= 0.6 is 11.6 Å². The summed E-state index contributed by atoms with van der Waals surface area (Å²) in [7, 11) is -3.25. The standard InChI is InChI=1S/C32H37ClN4O7S/c1-22-13-15-27(20-28(22)37(40)41)45(42,43)36(29-19-25(33)14-16-30(29)44-3)21-31(38)35(18-17-24-9-5-4-6-10-24)23(2)32(39)34-26-11-7-8-12-26/h4-6,9-10,13-16,19-20,23,26H,7-8,11-12,17-18,21H2,1-3H3,(H,34,39)/t23-/m0/s1. The summed E-state index contributed by atoms with van der Waals surface area (Å²) in [5.74, 6) is -0.861. The number of nitro groups is 1. The molecule has 0 heterocycles. The lowest BCUT2D eigenvalue weighted by molar-refractivity contribution is -0.385. The molecule has 240 valence electrons. The summed E-state index contributed by atoms with van der Waals surface area (Å²) in [4.78, 5) is 39.5. The predicted molar refractivity (Wildman–Crippen MR) is 172 cm³/mol. The van der Waals surface area contributed by atoms with Crippen LogP contribution in [0.3, 0.4) is 0 Å². The van der Waals surface area contributed by atoms with Crippen molar-refractivity contribution >= 4 is 44.8 Å². The number of rotatable bonds is 13. The molecule has 3 aromatic carbocycles. The van der Waals surface area contributed by atoms with Crippen LogP contribution in [0.25, 0.3) is 0 Å². The normalized spacial score (nSPS) is 14.0. The number of nitrogens with one attached hydrogen (secondary N) is 1. The SMILES string of the molecule is COc1ccc(Cl)cc1N(CC(=O)N(CCc1ccccc1)[C@@H](C)C(=O)NC1CCCC1)S(=O)(=O)c1ccc(C)c([N+](=O)[O-])c1. The molecule has 0 spiro atoms. The molecule has 1 N–H and O–H groups in total. The van der Waals surface area contributed by atoms with Gasteiger partial charge in [-0.25, -0.2) is 8.42 Å². The van der Waals surface area contributed by atoms with Crippen molar-refractivity contribution in [1.82, 2.24) is 10.2 Å². The van der Waals surface area contributed by atoms with Gasteiger partial charge in [0.15, 0.2) is 0 Å². The molecule has 0 saturated heterocycles. The summed E-state index contributed by atoms with van der Waals surface area (Å²) in [6.07, 6.45) is 4.17. The van der Waals surface area contributed by atoms with Crippen molar-refractivity contribution in [2.75, 3.05) is 24.5 Å². The third-order valence-corrected chi connectivity index (χ3v) is 10.00. The predicted octanol–water partition coefficient (Wildman–Crippen LogP) is 5.28. The minimum atomic E-state index is -4.59. The maximum atomic E-state index is 14.2. The zero-order valence-corrected chi connectivity index (χ0v) is 27.0. The van der Waals surface area contributed by atoms with Crippen LogP contribution in [0.15, 0.2) is 71.6 Å². The molecule has 0 bridgehead atoms. The quantitative estimate of drug-likeness (QED) is 0.195. The van der Waals surface area contributed by atoms with Crippen molar-refractivity contribution in [3.63, 3.8) is 0 Å². The van der Waals surface area contributed by atoms with Gasteiger partial charge in [-0.3, -0.25) is 24.0 Å². The molecule has 1 atom stereocenters. The number of hydrogen-bond donors (Lipinski definition) is 1. The average molecular weight is 657 g/mol. The number of ether oxygens (including phenoxy) is 1. The van der Waals surface area contributed by atoms with Crippen molar-refractivity contribution in [2.24, 2.45) is 0 Å². The van der Waals surface area contributed by atoms with Gasteiger partial charge in [0.1, 0.15) is 18.3 Å². The van der Waals surface area contributed by atoms with Gasteiger partial charge < -0.3 is 15.0 Å². The van der Waals surface area contributed by atoms with E-state index in [9.17, 15) is 28.1 Å². The number of methoxy groups -OCH3 is 1. The summed E-state index contributed by atoms with van der Waals surface area (Å²) in [5, 5.41) is 14.9. The molecular weight excluding hydrogens is 620 g/mol. The second kappa shape index (κ2) is 14.7. The Labute approximate surface area is 268 Å². The molecule has 1 aliphatic carbocycles. The van der Waals surface area contributed by atoms with E-state index in [1.54, 1.807) is 6.92 Å². The second-order valence-corrected chi connectivity index (χ2v) is 13.3. The molecule has 45 heavy (non-hydrogen) atoms. The Balaban J connectivity index is 1.75. The first-order chi connectivity index (χ1) is 21.4. The van der Waals surface area contributed by atoms with Crippen LogP contribution in [-0.4, -0.2) is 62.3 Å². The maximum Gasteiger partial charge on any atom is 0.273 e. The number of amides is 2. The van der Waals surface area contributed by atoms with E-state index in [-0.39, 0.29) is 46.2 Å². The van der Waals surface area contributed by atoms with Crippen LogP contribution in [0, 0.1) is 17.0 Å². The van der Waals surface area contributed by atoms with Crippen molar-refractivity contribution < 1.29 is 27.7 Å². The monoisotopic (exact) mass is 656 g/mol. The third kappa shape index (κ3) is 8.12. The Morgan fingerprint density at radius 1 is 1.09 bits per heavy atom. The molecule has 4 rings (SSSR count). The molecule has 1 saturated carbocycles. The van der Waals surface area contributed by atoms with Gasteiger partial charge in [0.25, 0.3) is 15.7 Å². The lowest BCUT2D eigenvalue weighted by Crippen LogP contribution is -2.53. The molecule has 0 radical (unpaired) electrons. The van der Waals surface area contributed by atoms with Crippen LogP contribution in [0.5, 0.6) is 5.75 Å². The topological polar surface area (TPSA) is 139 Å². The van der Waals surface area contributed by atoms with Gasteiger partial charge in [0.2, 0.25) is 11.8 Å². The number of nitro benzene ring substituents is 1. The van der Waals surface area contributed by atoms with E-state index in [2.05, 4.69) is 5.32 Å². The minimum Gasteiger partial charge on any atom is -0.495 e. The summed E-state index contributed by atoms with van der Waals surface area (Å²) in [6, 6.07) is 16.4. The first-order valence-corrected chi connectivity index (χ1v) is 16.5. The van der Waals surface area contributed by atoms with E-state index >= 15 is 0 Å². The van der Waals surface area contributed by atoms with E-state index < -0.39 is 38.3 Å². The van der Waals surface area contributed by atoms with Crippen molar-refractivity contribution in [3.8, 4) is 5.75 Å². The van der Waals surface area contributed by atoms with Crippen LogP contribution in [0.2, 0.25) is 5.02 Å². The highest BCUT2D eigenvalue weighted by atomic mass is 35.5. The van der Waals surface area contributed by atoms with E-state index in [0.717, 1.165) is 41.6 Å². The molecule has 11 nitrogen and oxygen atoms in total. The van der Waals surface area contributed by atoms with Crippen LogP contribution in [0.4, 0.5) is 11.4 Å². The molecule has 0 unspecified atom stereocenters. The number of hydrogen-bond acceptors (Lipinski definition) is 7. The van der Waals surface area contributed by atoms with Gasteiger partial charge in [-0.15, -0.1) is 0 Å². The molecule has 2 amide bonds. The number of sulfonamides is 1. The minimum absolute atomic E-state index is 0.0240. The van der Waals surface area contributed by atoms with Crippen molar-refractivity contribution in [3.05, 3.63) is 93.0 Å².